The molecule has 3 aromatic carbocycles. The van der Waals surface area contributed by atoms with Crippen LogP contribution >= 0.6 is 23.2 Å². The van der Waals surface area contributed by atoms with E-state index in [9.17, 15) is 18.0 Å². The predicted molar refractivity (Wildman–Crippen MR) is 157 cm³/mol. The van der Waals surface area contributed by atoms with E-state index in [4.69, 9.17) is 23.2 Å². The first-order chi connectivity index (χ1) is 18.3. The Morgan fingerprint density at radius 2 is 1.54 bits per heavy atom. The lowest BCUT2D eigenvalue weighted by molar-refractivity contribution is -0.139. The molecule has 0 heterocycles. The van der Waals surface area contributed by atoms with Gasteiger partial charge in [0.05, 0.1) is 20.6 Å². The number of amides is 2. The number of hydrogen-bond acceptors (Lipinski definition) is 4. The summed E-state index contributed by atoms with van der Waals surface area (Å²) >= 11 is 12.3. The molecule has 0 saturated heterocycles. The van der Waals surface area contributed by atoms with Crippen LogP contribution in [0, 0.1) is 13.8 Å². The summed E-state index contributed by atoms with van der Waals surface area (Å²) in [5.74, 6) is -0.888. The average molecular weight is 591 g/mol. The monoisotopic (exact) mass is 589 g/mol. The molecule has 1 atom stereocenters. The zero-order valence-electron chi connectivity index (χ0n) is 22.6. The maximum absolute atomic E-state index is 13.9. The minimum absolute atomic E-state index is 0.0167. The van der Waals surface area contributed by atoms with E-state index in [2.05, 4.69) is 5.32 Å². The van der Waals surface area contributed by atoms with Gasteiger partial charge >= 0.3 is 0 Å². The van der Waals surface area contributed by atoms with Crippen LogP contribution in [-0.2, 0) is 26.2 Å². The lowest BCUT2D eigenvalue weighted by Gasteiger charge is -2.32. The molecule has 0 bridgehead atoms. The fraction of sp³-hybridized carbons (Fsp3) is 0.310. The molecule has 0 aliphatic rings. The number of benzene rings is 3. The number of sulfonamides is 1. The lowest BCUT2D eigenvalue weighted by Crippen LogP contribution is -2.52. The van der Waals surface area contributed by atoms with Crippen molar-refractivity contribution in [2.45, 2.75) is 58.1 Å². The van der Waals surface area contributed by atoms with Crippen molar-refractivity contribution < 1.29 is 18.0 Å². The van der Waals surface area contributed by atoms with Crippen molar-refractivity contribution in [3.05, 3.63) is 93.5 Å². The Bertz CT molecular complexity index is 1440. The number of carbonyl (C=O) groups excluding carboxylic acids is 2. The summed E-state index contributed by atoms with van der Waals surface area (Å²) in [4.78, 5) is 28.3. The van der Waals surface area contributed by atoms with Crippen LogP contribution in [0.15, 0.2) is 71.6 Å². The molecular formula is C29H33Cl2N3O4S. The van der Waals surface area contributed by atoms with E-state index in [1.807, 2.05) is 52.0 Å². The van der Waals surface area contributed by atoms with Crippen LogP contribution in [0.25, 0.3) is 0 Å². The Balaban J connectivity index is 2.07. The van der Waals surface area contributed by atoms with Gasteiger partial charge in [0.2, 0.25) is 11.8 Å². The molecule has 208 valence electrons. The number of nitrogens with zero attached hydrogens (tertiary/aromatic N) is 2. The molecule has 39 heavy (non-hydrogen) atoms. The largest absolute Gasteiger partial charge is 0.352 e. The maximum Gasteiger partial charge on any atom is 0.264 e. The van der Waals surface area contributed by atoms with Gasteiger partial charge in [0.25, 0.3) is 10.0 Å². The quantitative estimate of drug-likeness (QED) is 0.326. The van der Waals surface area contributed by atoms with Gasteiger partial charge in [-0.25, -0.2) is 8.42 Å². The Morgan fingerprint density at radius 3 is 2.13 bits per heavy atom. The standard InChI is InChI=1S/C29H33Cl2N3O4S/c1-19(2)32-29(36)22(5)33(17-23-9-7-6-8-21(23)4)28(35)18-34(24-12-15-26(30)27(31)16-24)39(37,38)25-13-10-20(3)11-14-25/h6-16,19,22H,17-18H2,1-5H3,(H,32,36)/t22-/m0/s1. The van der Waals surface area contributed by atoms with E-state index in [0.29, 0.717) is 0 Å². The zero-order valence-corrected chi connectivity index (χ0v) is 24.9. The molecule has 2 amide bonds. The summed E-state index contributed by atoms with van der Waals surface area (Å²) < 4.78 is 28.7. The summed E-state index contributed by atoms with van der Waals surface area (Å²) in [6.45, 7) is 8.63. The molecule has 0 aromatic heterocycles. The number of nitrogens with one attached hydrogen (secondary N) is 1. The van der Waals surface area contributed by atoms with Crippen LogP contribution in [0.2, 0.25) is 10.0 Å². The highest BCUT2D eigenvalue weighted by molar-refractivity contribution is 7.92. The SMILES string of the molecule is Cc1ccc(S(=O)(=O)N(CC(=O)N(Cc2ccccc2C)[C@@H](C)C(=O)NC(C)C)c2ccc(Cl)c(Cl)c2)cc1. The topological polar surface area (TPSA) is 86.8 Å². The highest BCUT2D eigenvalue weighted by Crippen LogP contribution is 2.31. The van der Waals surface area contributed by atoms with Crippen LogP contribution in [0.3, 0.4) is 0 Å². The van der Waals surface area contributed by atoms with Crippen LogP contribution in [0.1, 0.15) is 37.5 Å². The average Bonchev–Trinajstić information content (AvgIpc) is 2.87. The van der Waals surface area contributed by atoms with Gasteiger partial charge < -0.3 is 10.2 Å². The van der Waals surface area contributed by atoms with E-state index < -0.39 is 28.5 Å². The molecule has 0 aliphatic carbocycles. The Labute approximate surface area is 240 Å². The van der Waals surface area contributed by atoms with E-state index in [-0.39, 0.29) is 39.1 Å². The summed E-state index contributed by atoms with van der Waals surface area (Å²) in [5, 5.41) is 3.24. The molecule has 0 saturated carbocycles. The number of hydrogen-bond donors (Lipinski definition) is 1. The van der Waals surface area contributed by atoms with E-state index in [0.717, 1.165) is 21.0 Å². The van der Waals surface area contributed by atoms with Crippen molar-refractivity contribution in [3.8, 4) is 0 Å². The van der Waals surface area contributed by atoms with Gasteiger partial charge in [-0.1, -0.05) is 65.2 Å². The van der Waals surface area contributed by atoms with Gasteiger partial charge in [0.1, 0.15) is 12.6 Å². The van der Waals surface area contributed by atoms with E-state index in [1.165, 1.54) is 35.2 Å². The summed E-state index contributed by atoms with van der Waals surface area (Å²) in [6.07, 6.45) is 0. The first-order valence-electron chi connectivity index (χ1n) is 12.5. The van der Waals surface area contributed by atoms with E-state index >= 15 is 0 Å². The second-order valence-electron chi connectivity index (χ2n) is 9.71. The van der Waals surface area contributed by atoms with Gasteiger partial charge in [-0.2, -0.15) is 0 Å². The number of rotatable bonds is 10. The second kappa shape index (κ2) is 12.9. The molecule has 3 aromatic rings. The van der Waals surface area contributed by atoms with Crippen molar-refractivity contribution in [3.63, 3.8) is 0 Å². The summed E-state index contributed by atoms with van der Waals surface area (Å²) in [7, 11) is -4.19. The molecule has 7 nitrogen and oxygen atoms in total. The van der Waals surface area contributed by atoms with Crippen molar-refractivity contribution in [2.24, 2.45) is 0 Å². The molecule has 1 N–H and O–H groups in total. The third kappa shape index (κ3) is 7.53. The van der Waals surface area contributed by atoms with Crippen molar-refractivity contribution in [1.82, 2.24) is 10.2 Å². The predicted octanol–water partition coefficient (Wildman–Crippen LogP) is 5.75. The number of carbonyl (C=O) groups is 2. The molecule has 3 rings (SSSR count). The third-order valence-electron chi connectivity index (χ3n) is 6.28. The molecule has 0 unspecified atom stereocenters. The fourth-order valence-corrected chi connectivity index (χ4v) is 5.66. The van der Waals surface area contributed by atoms with Crippen LogP contribution in [0.5, 0.6) is 0 Å². The third-order valence-corrected chi connectivity index (χ3v) is 8.81. The van der Waals surface area contributed by atoms with Crippen molar-refractivity contribution in [2.75, 3.05) is 10.8 Å². The van der Waals surface area contributed by atoms with Gasteiger partial charge in [0, 0.05) is 12.6 Å². The minimum Gasteiger partial charge on any atom is -0.352 e. The smallest absolute Gasteiger partial charge is 0.264 e. The Morgan fingerprint density at radius 1 is 0.897 bits per heavy atom. The molecule has 0 radical (unpaired) electrons. The molecule has 0 fully saturated rings. The molecule has 0 aliphatic heterocycles. The van der Waals surface area contributed by atoms with Gasteiger partial charge in [-0.05, 0) is 76.1 Å². The van der Waals surface area contributed by atoms with Crippen LogP contribution in [0.4, 0.5) is 5.69 Å². The van der Waals surface area contributed by atoms with Gasteiger partial charge in [-0.15, -0.1) is 0 Å². The Kier molecular flexibility index (Phi) is 10.0. The first-order valence-corrected chi connectivity index (χ1v) is 14.7. The number of aryl methyl sites for hydroxylation is 2. The highest BCUT2D eigenvalue weighted by Gasteiger charge is 2.33. The summed E-state index contributed by atoms with van der Waals surface area (Å²) in [5.41, 5.74) is 2.85. The Hall–Kier alpha value is -3.07. The zero-order chi connectivity index (χ0) is 28.9. The molecular weight excluding hydrogens is 557 g/mol. The minimum atomic E-state index is -4.19. The first kappa shape index (κ1) is 30.5. The van der Waals surface area contributed by atoms with Gasteiger partial charge in [0.15, 0.2) is 0 Å². The second-order valence-corrected chi connectivity index (χ2v) is 12.4. The lowest BCUT2D eigenvalue weighted by atomic mass is 10.1. The molecule has 10 heteroatoms. The highest BCUT2D eigenvalue weighted by atomic mass is 35.5. The van der Waals surface area contributed by atoms with Crippen LogP contribution in [-0.4, -0.2) is 43.8 Å². The molecule has 0 spiro atoms. The number of halogens is 2. The van der Waals surface area contributed by atoms with Crippen molar-refractivity contribution >= 4 is 50.7 Å². The van der Waals surface area contributed by atoms with Gasteiger partial charge in [-0.3, -0.25) is 13.9 Å². The normalized spacial score (nSPS) is 12.2. The van der Waals surface area contributed by atoms with E-state index in [1.54, 1.807) is 19.1 Å². The van der Waals surface area contributed by atoms with Crippen molar-refractivity contribution in [1.29, 1.82) is 0 Å². The fourth-order valence-electron chi connectivity index (χ4n) is 3.97. The number of anilines is 1. The summed E-state index contributed by atoms with van der Waals surface area (Å²) in [6, 6.07) is 17.3. The van der Waals surface area contributed by atoms with Crippen LogP contribution < -0.4 is 9.62 Å². The maximum atomic E-state index is 13.9.